The summed E-state index contributed by atoms with van der Waals surface area (Å²) in [7, 11) is 1.77. The molecule has 174 valence electrons. The molecule has 0 amide bonds. The highest BCUT2D eigenvalue weighted by Crippen LogP contribution is 2.32. The van der Waals surface area contributed by atoms with E-state index in [1.54, 1.807) is 13.2 Å². The van der Waals surface area contributed by atoms with Gasteiger partial charge in [0.1, 0.15) is 12.0 Å². The lowest BCUT2D eigenvalue weighted by atomic mass is 9.81. The van der Waals surface area contributed by atoms with E-state index in [2.05, 4.69) is 41.8 Å². The number of hydrogen-bond acceptors (Lipinski definition) is 5. The van der Waals surface area contributed by atoms with E-state index in [-0.39, 0.29) is 6.42 Å². The van der Waals surface area contributed by atoms with Gasteiger partial charge in [0, 0.05) is 26.2 Å². The molecule has 2 fully saturated rings. The van der Waals surface area contributed by atoms with Crippen LogP contribution in [0.15, 0.2) is 18.2 Å². The average Bonchev–Trinajstić information content (AvgIpc) is 2.81. The minimum Gasteiger partial charge on any atom is -0.495 e. The number of benzene rings is 1. The number of nitrogens with zero attached hydrogens (tertiary/aromatic N) is 3. The highest BCUT2D eigenvalue weighted by atomic mass is 16.5. The van der Waals surface area contributed by atoms with Crippen LogP contribution >= 0.6 is 0 Å². The molecule has 0 N–H and O–H groups in total. The molecule has 31 heavy (non-hydrogen) atoms. The quantitative estimate of drug-likeness (QED) is 0.562. The lowest BCUT2D eigenvalue weighted by Gasteiger charge is -2.37. The Morgan fingerprint density at radius 3 is 2.29 bits per heavy atom. The number of aldehydes is 1. The fraction of sp³-hybridized carbons (Fsp3) is 0.692. The van der Waals surface area contributed by atoms with Gasteiger partial charge >= 0.3 is 0 Å². The number of rotatable bonds is 6. The van der Waals surface area contributed by atoms with Crippen LogP contribution in [-0.2, 0) is 4.79 Å². The smallest absolute Gasteiger partial charge is 0.142 e. The third-order valence-corrected chi connectivity index (χ3v) is 6.21. The summed E-state index contributed by atoms with van der Waals surface area (Å²) in [6.45, 7) is 14.4. The van der Waals surface area contributed by atoms with E-state index >= 15 is 0 Å². The van der Waals surface area contributed by atoms with Crippen molar-refractivity contribution in [1.29, 1.82) is 5.26 Å². The summed E-state index contributed by atoms with van der Waals surface area (Å²) in [4.78, 5) is 14.3. The molecule has 1 heterocycles. The van der Waals surface area contributed by atoms with Gasteiger partial charge in [-0.15, -0.1) is 0 Å². The van der Waals surface area contributed by atoms with Crippen LogP contribution in [0.5, 0.6) is 5.75 Å². The number of carbonyl (C=O) groups excluding carboxylic acids is 1. The minimum atomic E-state index is 0.0139. The Bertz CT molecular complexity index is 655. The van der Waals surface area contributed by atoms with Crippen LogP contribution < -0.4 is 9.64 Å². The van der Waals surface area contributed by atoms with E-state index in [9.17, 15) is 4.79 Å². The van der Waals surface area contributed by atoms with Gasteiger partial charge in [0.2, 0.25) is 0 Å². The van der Waals surface area contributed by atoms with Crippen molar-refractivity contribution >= 4 is 12.0 Å². The normalized spacial score (nSPS) is 21.0. The number of aryl methyl sites for hydroxylation is 1. The van der Waals surface area contributed by atoms with Crippen molar-refractivity contribution in [2.24, 2.45) is 11.8 Å². The van der Waals surface area contributed by atoms with E-state index in [1.807, 2.05) is 13.8 Å². The lowest BCUT2D eigenvalue weighted by Crippen LogP contribution is -2.47. The average molecular weight is 430 g/mol. The summed E-state index contributed by atoms with van der Waals surface area (Å²) in [6.07, 6.45) is 7.81. The monoisotopic (exact) mass is 429 g/mol. The summed E-state index contributed by atoms with van der Waals surface area (Å²) in [5, 5.41) is 7.58. The van der Waals surface area contributed by atoms with Crippen molar-refractivity contribution in [2.75, 3.05) is 44.7 Å². The topological polar surface area (TPSA) is 56.6 Å². The van der Waals surface area contributed by atoms with Gasteiger partial charge in [-0.2, -0.15) is 5.26 Å². The molecular weight excluding hydrogens is 386 g/mol. The molecule has 0 spiro atoms. The number of piperazine rings is 1. The van der Waals surface area contributed by atoms with Gasteiger partial charge in [0.15, 0.2) is 0 Å². The van der Waals surface area contributed by atoms with Gasteiger partial charge in [-0.25, -0.2) is 0 Å². The molecule has 1 aliphatic heterocycles. The minimum absolute atomic E-state index is 0.0139. The first-order valence-corrected chi connectivity index (χ1v) is 12.0. The highest BCUT2D eigenvalue weighted by Gasteiger charge is 2.22. The summed E-state index contributed by atoms with van der Waals surface area (Å²) < 4.78 is 5.56. The van der Waals surface area contributed by atoms with Crippen molar-refractivity contribution in [3.63, 3.8) is 0 Å². The zero-order chi connectivity index (χ0) is 23.1. The Kier molecular flexibility index (Phi) is 13.7. The van der Waals surface area contributed by atoms with Crippen LogP contribution in [0.4, 0.5) is 5.69 Å². The third-order valence-electron chi connectivity index (χ3n) is 6.21. The SMILES string of the molecule is CC.COc1ccc(C)cc1N1CCN(CCC2CCC(C)CC2)CC1.N#CCC=O. The van der Waals surface area contributed by atoms with Crippen molar-refractivity contribution in [1.82, 2.24) is 4.90 Å². The zero-order valence-corrected chi connectivity index (χ0v) is 20.4. The molecule has 0 bridgehead atoms. The molecule has 5 nitrogen and oxygen atoms in total. The molecule has 1 aliphatic carbocycles. The van der Waals surface area contributed by atoms with Crippen molar-refractivity contribution in [2.45, 2.75) is 66.2 Å². The number of carbonyl (C=O) groups is 1. The Morgan fingerprint density at radius 2 is 1.77 bits per heavy atom. The van der Waals surface area contributed by atoms with Crippen molar-refractivity contribution in [3.05, 3.63) is 23.8 Å². The number of anilines is 1. The second kappa shape index (κ2) is 15.7. The Morgan fingerprint density at radius 1 is 1.13 bits per heavy atom. The fourth-order valence-corrected chi connectivity index (χ4v) is 4.28. The zero-order valence-electron chi connectivity index (χ0n) is 20.4. The molecule has 0 aromatic heterocycles. The van der Waals surface area contributed by atoms with E-state index in [1.165, 1.54) is 63.0 Å². The molecule has 1 saturated carbocycles. The van der Waals surface area contributed by atoms with Crippen LogP contribution in [0, 0.1) is 30.1 Å². The first-order chi connectivity index (χ1) is 15.1. The van der Waals surface area contributed by atoms with Gasteiger partial charge < -0.3 is 14.4 Å². The maximum atomic E-state index is 9.18. The molecule has 1 saturated heterocycles. The summed E-state index contributed by atoms with van der Waals surface area (Å²) in [5.41, 5.74) is 2.57. The second-order valence-corrected chi connectivity index (χ2v) is 8.45. The second-order valence-electron chi connectivity index (χ2n) is 8.45. The van der Waals surface area contributed by atoms with Gasteiger partial charge in [-0.3, -0.25) is 4.90 Å². The van der Waals surface area contributed by atoms with Gasteiger partial charge in [-0.05, 0) is 49.4 Å². The van der Waals surface area contributed by atoms with E-state index < -0.39 is 0 Å². The van der Waals surface area contributed by atoms with E-state index in [4.69, 9.17) is 10.00 Å². The molecular formula is C26H43N3O2. The van der Waals surface area contributed by atoms with Crippen LogP contribution in [0.3, 0.4) is 0 Å². The molecule has 3 rings (SSSR count). The maximum Gasteiger partial charge on any atom is 0.142 e. The van der Waals surface area contributed by atoms with Crippen LogP contribution in [0.1, 0.15) is 64.9 Å². The summed E-state index contributed by atoms with van der Waals surface area (Å²) in [5.74, 6) is 2.95. The van der Waals surface area contributed by atoms with Crippen LogP contribution in [-0.4, -0.2) is 51.0 Å². The van der Waals surface area contributed by atoms with Crippen molar-refractivity contribution in [3.8, 4) is 11.8 Å². The van der Waals surface area contributed by atoms with Crippen molar-refractivity contribution < 1.29 is 9.53 Å². The number of nitriles is 1. The summed E-state index contributed by atoms with van der Waals surface area (Å²) >= 11 is 0. The van der Waals surface area contributed by atoms with E-state index in [0.29, 0.717) is 6.29 Å². The molecule has 1 aromatic carbocycles. The Balaban J connectivity index is 0.000000605. The molecule has 2 aliphatic rings. The number of ether oxygens (including phenoxy) is 1. The van der Waals surface area contributed by atoms with E-state index in [0.717, 1.165) is 30.7 Å². The van der Waals surface area contributed by atoms with Gasteiger partial charge in [0.05, 0.1) is 25.3 Å². The molecule has 5 heteroatoms. The maximum absolute atomic E-state index is 9.18. The molecule has 1 aromatic rings. The van der Waals surface area contributed by atoms with Gasteiger partial charge in [-0.1, -0.05) is 52.5 Å². The predicted molar refractivity (Wildman–Crippen MR) is 130 cm³/mol. The summed E-state index contributed by atoms with van der Waals surface area (Å²) in [6, 6.07) is 8.14. The van der Waals surface area contributed by atoms with Crippen LogP contribution in [0.25, 0.3) is 0 Å². The first-order valence-electron chi connectivity index (χ1n) is 12.0. The molecule has 0 atom stereocenters. The Labute approximate surface area is 190 Å². The Hall–Kier alpha value is -2.06. The lowest BCUT2D eigenvalue weighted by molar-refractivity contribution is -0.107. The first kappa shape index (κ1) is 27.0. The number of hydrogen-bond donors (Lipinski definition) is 0. The molecule has 0 radical (unpaired) electrons. The highest BCUT2D eigenvalue weighted by molar-refractivity contribution is 5.60. The standard InChI is InChI=1S/C21H34N2O.C3H3NO.C2H6/c1-17-4-7-19(8-5-17)10-11-22-12-14-23(15-13-22)20-16-18(2)6-9-21(20)24-3;4-2-1-3-5;1-2/h6,9,16-17,19H,4-5,7-8,10-15H2,1-3H3;3H,1H2;1-2H3. The fourth-order valence-electron chi connectivity index (χ4n) is 4.28. The molecule has 0 unspecified atom stereocenters. The van der Waals surface area contributed by atoms with Gasteiger partial charge in [0.25, 0.3) is 0 Å². The number of methoxy groups -OCH3 is 1. The largest absolute Gasteiger partial charge is 0.495 e. The third kappa shape index (κ3) is 9.74. The predicted octanol–water partition coefficient (Wildman–Crippen LogP) is 5.47. The van der Waals surface area contributed by atoms with Crippen LogP contribution in [0.2, 0.25) is 0 Å².